The minimum atomic E-state index is -0.289. The van der Waals surface area contributed by atoms with Gasteiger partial charge in [-0.2, -0.15) is 10.2 Å². The van der Waals surface area contributed by atoms with Gasteiger partial charge in [-0.1, -0.05) is 17.8 Å². The number of nitrogens with zero attached hydrogens (tertiary/aromatic N) is 3. The third-order valence-electron chi connectivity index (χ3n) is 6.37. The molecule has 6 rings (SSSR count). The molecule has 0 aliphatic carbocycles. The Kier molecular flexibility index (Phi) is 9.50. The molecule has 10 nitrogen and oxygen atoms in total. The van der Waals surface area contributed by atoms with Gasteiger partial charge in [0.25, 0.3) is 0 Å². The highest BCUT2D eigenvalue weighted by Gasteiger charge is 2.17. The lowest BCUT2D eigenvalue weighted by atomic mass is 10.1. The van der Waals surface area contributed by atoms with Crippen LogP contribution in [-0.4, -0.2) is 54.9 Å². The lowest BCUT2D eigenvalue weighted by Gasteiger charge is -2.14. The normalized spacial score (nSPS) is 10.7. The second kappa shape index (κ2) is 13.7. The van der Waals surface area contributed by atoms with Gasteiger partial charge < -0.3 is 30.1 Å². The third-order valence-corrected chi connectivity index (χ3v) is 8.04. The fourth-order valence-electron chi connectivity index (χ4n) is 4.14. The van der Waals surface area contributed by atoms with E-state index in [0.717, 1.165) is 15.5 Å². The van der Waals surface area contributed by atoms with E-state index < -0.39 is 0 Å². The molecule has 6 aromatic rings. The number of phenols is 4. The number of phenolic OH excluding ortho intramolecular Hbond substituents is 4. The van der Waals surface area contributed by atoms with Crippen molar-refractivity contribution in [3.8, 4) is 57.0 Å². The maximum absolute atomic E-state index is 12.9. The van der Waals surface area contributed by atoms with E-state index >= 15 is 0 Å². The van der Waals surface area contributed by atoms with Crippen molar-refractivity contribution in [1.82, 2.24) is 20.4 Å². The van der Waals surface area contributed by atoms with Crippen molar-refractivity contribution in [2.24, 2.45) is 0 Å². The van der Waals surface area contributed by atoms with Crippen LogP contribution in [-0.2, 0) is 0 Å². The van der Waals surface area contributed by atoms with Gasteiger partial charge in [0.05, 0.1) is 15.6 Å². The molecule has 0 saturated carbocycles. The largest absolute Gasteiger partial charge is 0.508 e. The summed E-state index contributed by atoms with van der Waals surface area (Å²) in [5.41, 5.74) is 2.98. The smallest absolute Gasteiger partial charge is 0.173 e. The minimum absolute atomic E-state index is 0.0143. The molecule has 0 bridgehead atoms. The van der Waals surface area contributed by atoms with Crippen LogP contribution in [0.5, 0.6) is 34.5 Å². The Morgan fingerprint density at radius 2 is 1.49 bits per heavy atom. The first-order chi connectivity index (χ1) is 21.6. The number of hydrogen-bond acceptors (Lipinski definition) is 9. The van der Waals surface area contributed by atoms with Crippen LogP contribution in [0.25, 0.3) is 22.5 Å². The molecule has 230 valence electrons. The molecule has 13 heteroatoms. The molecular formula is C32H27BrFN5O5S. The first-order valence-corrected chi connectivity index (χ1v) is 14.9. The van der Waals surface area contributed by atoms with Crippen molar-refractivity contribution < 1.29 is 29.6 Å². The van der Waals surface area contributed by atoms with Crippen molar-refractivity contribution in [2.75, 3.05) is 19.0 Å². The van der Waals surface area contributed by atoms with Gasteiger partial charge in [0.1, 0.15) is 46.0 Å². The molecule has 0 saturated heterocycles. The lowest BCUT2D eigenvalue weighted by Crippen LogP contribution is -2.08. The van der Waals surface area contributed by atoms with E-state index in [-0.39, 0.29) is 28.8 Å². The SMILES string of the molecule is CN(C)c1cccc(Oc2c[nH]nc2-c2cc(Br)c(O)cc2O)c1.Oc1ccc(-c2n[nH]cc2Sc2ccc(F)cc2)c(O)c1. The van der Waals surface area contributed by atoms with Gasteiger partial charge in [-0.05, 0) is 70.5 Å². The molecule has 0 aliphatic rings. The van der Waals surface area contributed by atoms with Gasteiger partial charge in [0.2, 0.25) is 0 Å². The van der Waals surface area contributed by atoms with Crippen LogP contribution in [0.15, 0.2) is 106 Å². The van der Waals surface area contributed by atoms with Crippen LogP contribution in [0.4, 0.5) is 10.1 Å². The fourth-order valence-corrected chi connectivity index (χ4v) is 5.38. The molecule has 2 heterocycles. The van der Waals surface area contributed by atoms with Crippen molar-refractivity contribution in [3.05, 3.63) is 102 Å². The quantitative estimate of drug-likeness (QED) is 0.0982. The Hall–Kier alpha value is -5.14. The number of rotatable bonds is 7. The number of aromatic amines is 2. The summed E-state index contributed by atoms with van der Waals surface area (Å²) >= 11 is 4.64. The van der Waals surface area contributed by atoms with E-state index in [9.17, 15) is 24.8 Å². The number of ether oxygens (including phenoxy) is 1. The summed E-state index contributed by atoms with van der Waals surface area (Å²) in [6, 6.07) is 20.9. The zero-order chi connectivity index (χ0) is 32.1. The van der Waals surface area contributed by atoms with Gasteiger partial charge in [-0.3, -0.25) is 10.2 Å². The van der Waals surface area contributed by atoms with Gasteiger partial charge in [-0.15, -0.1) is 0 Å². The molecule has 2 aromatic heterocycles. The highest BCUT2D eigenvalue weighted by Crippen LogP contribution is 2.42. The number of halogens is 2. The van der Waals surface area contributed by atoms with Gasteiger partial charge in [-0.25, -0.2) is 4.39 Å². The first-order valence-electron chi connectivity index (χ1n) is 13.3. The summed E-state index contributed by atoms with van der Waals surface area (Å²) in [7, 11) is 3.91. The van der Waals surface area contributed by atoms with E-state index in [1.165, 1.54) is 42.1 Å². The number of aromatic nitrogens is 4. The highest BCUT2D eigenvalue weighted by molar-refractivity contribution is 9.10. The molecule has 0 aliphatic heterocycles. The van der Waals surface area contributed by atoms with E-state index in [2.05, 4.69) is 36.3 Å². The maximum Gasteiger partial charge on any atom is 0.173 e. The van der Waals surface area contributed by atoms with Gasteiger partial charge in [0, 0.05) is 60.2 Å². The summed E-state index contributed by atoms with van der Waals surface area (Å²) in [5.74, 6) is 0.633. The molecule has 0 atom stereocenters. The van der Waals surface area contributed by atoms with Gasteiger partial charge in [0.15, 0.2) is 5.75 Å². The molecule has 6 N–H and O–H groups in total. The summed E-state index contributed by atoms with van der Waals surface area (Å²) in [6.45, 7) is 0. The zero-order valence-corrected chi connectivity index (χ0v) is 26.3. The predicted octanol–water partition coefficient (Wildman–Crippen LogP) is 7.89. The molecule has 0 fully saturated rings. The standard InChI is InChI=1S/C17H16BrN3O3.C15H11FN2O2S/c1-21(2)10-4-3-5-11(6-10)24-16-9-19-20-17(16)12-7-13(18)15(23)8-14(12)22;16-9-1-4-11(5-2-9)21-14-8-17-18-15(14)12-6-3-10(19)7-13(12)20/h3-9,22-23H,1-2H3,(H,19,20);1-8,19-20H,(H,17,18). The van der Waals surface area contributed by atoms with Crippen molar-refractivity contribution in [2.45, 2.75) is 9.79 Å². The highest BCUT2D eigenvalue weighted by atomic mass is 79.9. The topological polar surface area (TPSA) is 151 Å². The molecule has 0 spiro atoms. The van der Waals surface area contributed by atoms with Crippen LogP contribution in [0.2, 0.25) is 0 Å². The molecule has 45 heavy (non-hydrogen) atoms. The lowest BCUT2D eigenvalue weighted by molar-refractivity contribution is 0.448. The van der Waals surface area contributed by atoms with Crippen molar-refractivity contribution in [3.63, 3.8) is 0 Å². The average Bonchev–Trinajstić information content (AvgIpc) is 3.66. The summed E-state index contributed by atoms with van der Waals surface area (Å²) < 4.78 is 19.3. The van der Waals surface area contributed by atoms with Crippen molar-refractivity contribution in [1.29, 1.82) is 0 Å². The number of benzene rings is 4. The van der Waals surface area contributed by atoms with Gasteiger partial charge >= 0.3 is 0 Å². The average molecular weight is 693 g/mol. The van der Waals surface area contributed by atoms with Crippen LogP contribution in [0, 0.1) is 5.82 Å². The Morgan fingerprint density at radius 3 is 2.22 bits per heavy atom. The number of aromatic hydroxyl groups is 4. The second-order valence-electron chi connectivity index (χ2n) is 9.77. The zero-order valence-electron chi connectivity index (χ0n) is 23.9. The van der Waals surface area contributed by atoms with E-state index in [1.807, 2.05) is 43.3 Å². The second-order valence-corrected chi connectivity index (χ2v) is 11.7. The number of nitrogens with one attached hydrogen (secondary N) is 2. The molecular weight excluding hydrogens is 665 g/mol. The van der Waals surface area contributed by atoms with E-state index in [0.29, 0.717) is 38.5 Å². The Morgan fingerprint density at radius 1 is 0.778 bits per heavy atom. The number of H-pyrrole nitrogens is 2. The third kappa shape index (κ3) is 7.51. The van der Waals surface area contributed by atoms with E-state index in [1.54, 1.807) is 36.7 Å². The predicted molar refractivity (Wildman–Crippen MR) is 174 cm³/mol. The summed E-state index contributed by atoms with van der Waals surface area (Å²) in [6.07, 6.45) is 3.31. The Bertz CT molecular complexity index is 1930. The van der Waals surface area contributed by atoms with Crippen molar-refractivity contribution >= 4 is 33.4 Å². The molecule has 0 amide bonds. The first kappa shape index (κ1) is 31.3. The molecule has 0 radical (unpaired) electrons. The summed E-state index contributed by atoms with van der Waals surface area (Å²) in [5, 5.41) is 52.8. The fraction of sp³-hybridized carbons (Fsp3) is 0.0625. The number of hydrogen-bond donors (Lipinski definition) is 6. The van der Waals surface area contributed by atoms with Crippen LogP contribution in [0.3, 0.4) is 0 Å². The van der Waals surface area contributed by atoms with Crippen LogP contribution in [0.1, 0.15) is 0 Å². The monoisotopic (exact) mass is 691 g/mol. The van der Waals surface area contributed by atoms with Crippen LogP contribution < -0.4 is 9.64 Å². The van der Waals surface area contributed by atoms with E-state index in [4.69, 9.17) is 4.74 Å². The number of anilines is 1. The molecule has 0 unspecified atom stereocenters. The Labute approximate surface area is 269 Å². The molecule has 4 aromatic carbocycles. The summed E-state index contributed by atoms with van der Waals surface area (Å²) in [4.78, 5) is 3.63. The Balaban J connectivity index is 0.000000179. The maximum atomic E-state index is 12.9. The van der Waals surface area contributed by atoms with Crippen LogP contribution >= 0.6 is 27.7 Å². The minimum Gasteiger partial charge on any atom is -0.508 e.